The van der Waals surface area contributed by atoms with Gasteiger partial charge in [-0.05, 0) is 56.2 Å². The Morgan fingerprint density at radius 3 is 2.31 bits per heavy atom. The Morgan fingerprint density at radius 1 is 1.00 bits per heavy atom. The van der Waals surface area contributed by atoms with Crippen molar-refractivity contribution in [2.75, 3.05) is 25.0 Å². The Hall–Kier alpha value is -2.13. The first-order valence-electron chi connectivity index (χ1n) is 10.3. The Morgan fingerprint density at radius 2 is 1.69 bits per heavy atom. The molecule has 2 aromatic rings. The van der Waals surface area contributed by atoms with Crippen LogP contribution in [0.1, 0.15) is 53.3 Å². The molecule has 0 bridgehead atoms. The summed E-state index contributed by atoms with van der Waals surface area (Å²) in [5.41, 5.74) is 0.507. The van der Waals surface area contributed by atoms with Gasteiger partial charge in [-0.15, -0.1) is 0 Å². The summed E-state index contributed by atoms with van der Waals surface area (Å²) in [7, 11) is -3.74. The Balaban J connectivity index is 1.84. The molecule has 32 heavy (non-hydrogen) atoms. The average Bonchev–Trinajstić information content (AvgIpc) is 3.05. The van der Waals surface area contributed by atoms with Gasteiger partial charge in [0.25, 0.3) is 5.91 Å². The van der Waals surface area contributed by atoms with Gasteiger partial charge >= 0.3 is 5.97 Å². The van der Waals surface area contributed by atoms with E-state index in [1.54, 1.807) is 6.92 Å². The van der Waals surface area contributed by atoms with Crippen molar-refractivity contribution in [1.82, 2.24) is 4.31 Å². The normalized spacial score (nSPS) is 15.1. The van der Waals surface area contributed by atoms with E-state index in [2.05, 4.69) is 5.32 Å². The maximum atomic E-state index is 13.1. The van der Waals surface area contributed by atoms with Crippen LogP contribution in [0.3, 0.4) is 0 Å². The summed E-state index contributed by atoms with van der Waals surface area (Å²) >= 11 is 12.4. The molecule has 2 aromatic carbocycles. The fourth-order valence-corrected chi connectivity index (χ4v) is 5.39. The molecule has 0 unspecified atom stereocenters. The highest BCUT2D eigenvalue weighted by Gasteiger charge is 2.27. The lowest BCUT2D eigenvalue weighted by molar-refractivity contribution is 0.0526. The molecule has 0 spiro atoms. The highest BCUT2D eigenvalue weighted by Crippen LogP contribution is 2.28. The lowest BCUT2D eigenvalue weighted by atomic mass is 10.1. The molecule has 0 saturated carbocycles. The van der Waals surface area contributed by atoms with Crippen LogP contribution in [-0.2, 0) is 14.8 Å². The van der Waals surface area contributed by atoms with E-state index in [1.165, 1.54) is 40.7 Å². The molecular weight excluding hydrogens is 475 g/mol. The van der Waals surface area contributed by atoms with E-state index in [1.807, 2.05) is 0 Å². The molecule has 0 atom stereocenters. The molecule has 0 radical (unpaired) electrons. The number of anilines is 1. The van der Waals surface area contributed by atoms with Gasteiger partial charge in [-0.3, -0.25) is 4.79 Å². The van der Waals surface area contributed by atoms with Crippen LogP contribution >= 0.6 is 23.2 Å². The van der Waals surface area contributed by atoms with Crippen molar-refractivity contribution < 1.29 is 22.7 Å². The van der Waals surface area contributed by atoms with Crippen molar-refractivity contribution in [3.8, 4) is 0 Å². The molecule has 1 N–H and O–H groups in total. The fraction of sp³-hybridized carbons (Fsp3) is 0.364. The predicted octanol–water partition coefficient (Wildman–Crippen LogP) is 4.99. The zero-order chi connectivity index (χ0) is 23.3. The number of ether oxygens (including phenoxy) is 1. The number of halogens is 2. The van der Waals surface area contributed by atoms with Crippen molar-refractivity contribution in [3.63, 3.8) is 0 Å². The molecule has 0 aliphatic carbocycles. The van der Waals surface area contributed by atoms with Gasteiger partial charge in [0, 0.05) is 13.1 Å². The average molecular weight is 499 g/mol. The summed E-state index contributed by atoms with van der Waals surface area (Å²) < 4.78 is 32.5. The molecule has 1 fully saturated rings. The van der Waals surface area contributed by atoms with Crippen LogP contribution in [-0.4, -0.2) is 44.3 Å². The third-order valence-corrected chi connectivity index (χ3v) is 7.65. The third-order valence-electron chi connectivity index (χ3n) is 5.11. The number of amides is 1. The van der Waals surface area contributed by atoms with Gasteiger partial charge in [0.1, 0.15) is 0 Å². The molecular formula is C22H24Cl2N2O5S. The summed E-state index contributed by atoms with van der Waals surface area (Å²) in [5.74, 6) is -1.14. The van der Waals surface area contributed by atoms with Gasteiger partial charge in [-0.1, -0.05) is 36.0 Å². The summed E-state index contributed by atoms with van der Waals surface area (Å²) in [6, 6.07) is 8.41. The van der Waals surface area contributed by atoms with E-state index in [0.717, 1.165) is 25.7 Å². The first-order valence-corrected chi connectivity index (χ1v) is 12.5. The largest absolute Gasteiger partial charge is 0.462 e. The van der Waals surface area contributed by atoms with Crippen LogP contribution in [0.4, 0.5) is 5.69 Å². The topological polar surface area (TPSA) is 92.8 Å². The Labute approximate surface area is 197 Å². The van der Waals surface area contributed by atoms with Gasteiger partial charge in [-0.2, -0.15) is 4.31 Å². The van der Waals surface area contributed by atoms with Crippen LogP contribution in [0.2, 0.25) is 10.0 Å². The van der Waals surface area contributed by atoms with E-state index in [-0.39, 0.29) is 38.4 Å². The monoisotopic (exact) mass is 498 g/mol. The molecule has 1 amide bonds. The number of rotatable bonds is 6. The summed E-state index contributed by atoms with van der Waals surface area (Å²) in [5, 5.41) is 2.86. The molecule has 3 rings (SSSR count). The Bertz CT molecular complexity index is 1110. The van der Waals surface area contributed by atoms with Gasteiger partial charge in [-0.25, -0.2) is 13.2 Å². The number of nitrogens with zero attached hydrogens (tertiary/aromatic N) is 1. The van der Waals surface area contributed by atoms with Crippen molar-refractivity contribution >= 4 is 50.8 Å². The molecule has 1 aliphatic rings. The molecule has 7 nitrogen and oxygen atoms in total. The highest BCUT2D eigenvalue weighted by molar-refractivity contribution is 7.89. The van der Waals surface area contributed by atoms with E-state index in [9.17, 15) is 18.0 Å². The second-order valence-electron chi connectivity index (χ2n) is 7.33. The second kappa shape index (κ2) is 10.7. The van der Waals surface area contributed by atoms with Crippen LogP contribution in [0, 0.1) is 0 Å². The number of esters is 1. The van der Waals surface area contributed by atoms with Gasteiger partial charge in [0.2, 0.25) is 10.0 Å². The van der Waals surface area contributed by atoms with Crippen molar-refractivity contribution in [1.29, 1.82) is 0 Å². The summed E-state index contributed by atoms with van der Waals surface area (Å²) in [4.78, 5) is 24.7. The SMILES string of the molecule is CCOC(=O)c1ccc(NC(=O)c2cc(S(=O)(=O)N3CCCCCC3)ccc2Cl)c(Cl)c1. The minimum atomic E-state index is -3.74. The first-order chi connectivity index (χ1) is 15.2. The van der Waals surface area contributed by atoms with Crippen molar-refractivity contribution in [3.05, 3.63) is 57.6 Å². The van der Waals surface area contributed by atoms with E-state index in [4.69, 9.17) is 27.9 Å². The maximum absolute atomic E-state index is 13.1. The minimum absolute atomic E-state index is 0.00750. The van der Waals surface area contributed by atoms with Gasteiger partial charge in [0.05, 0.1) is 38.4 Å². The number of carbonyl (C=O) groups excluding carboxylic acids is 2. The number of nitrogens with one attached hydrogen (secondary N) is 1. The molecule has 172 valence electrons. The molecule has 0 aromatic heterocycles. The smallest absolute Gasteiger partial charge is 0.338 e. The van der Waals surface area contributed by atoms with Crippen molar-refractivity contribution in [2.24, 2.45) is 0 Å². The maximum Gasteiger partial charge on any atom is 0.338 e. The highest BCUT2D eigenvalue weighted by atomic mass is 35.5. The minimum Gasteiger partial charge on any atom is -0.462 e. The zero-order valence-electron chi connectivity index (χ0n) is 17.6. The number of hydrogen-bond donors (Lipinski definition) is 1. The Kier molecular flexibility index (Phi) is 8.16. The van der Waals surface area contributed by atoms with Crippen LogP contribution < -0.4 is 5.32 Å². The van der Waals surface area contributed by atoms with E-state index < -0.39 is 21.9 Å². The molecule has 10 heteroatoms. The van der Waals surface area contributed by atoms with E-state index in [0.29, 0.717) is 13.1 Å². The third kappa shape index (κ3) is 5.61. The summed E-state index contributed by atoms with van der Waals surface area (Å²) in [6.45, 7) is 2.83. The lowest BCUT2D eigenvalue weighted by Crippen LogP contribution is -2.32. The quantitative estimate of drug-likeness (QED) is 0.566. The van der Waals surface area contributed by atoms with Crippen LogP contribution in [0.25, 0.3) is 0 Å². The standard InChI is InChI=1S/C22H24Cl2N2O5S/c1-2-31-22(28)15-7-10-20(19(24)13-15)25-21(27)17-14-16(8-9-18(17)23)32(29,30)26-11-5-3-4-6-12-26/h7-10,13-14H,2-6,11-12H2,1H3,(H,25,27). The molecule has 1 heterocycles. The number of benzene rings is 2. The number of carbonyl (C=O) groups is 2. The lowest BCUT2D eigenvalue weighted by Gasteiger charge is -2.20. The van der Waals surface area contributed by atoms with Gasteiger partial charge < -0.3 is 10.1 Å². The van der Waals surface area contributed by atoms with Gasteiger partial charge in [0.15, 0.2) is 0 Å². The predicted molar refractivity (Wildman–Crippen MR) is 124 cm³/mol. The van der Waals surface area contributed by atoms with Crippen molar-refractivity contribution in [2.45, 2.75) is 37.5 Å². The summed E-state index contributed by atoms with van der Waals surface area (Å²) in [6.07, 6.45) is 3.60. The molecule has 1 saturated heterocycles. The molecule has 1 aliphatic heterocycles. The van der Waals surface area contributed by atoms with Crippen LogP contribution in [0.15, 0.2) is 41.3 Å². The van der Waals surface area contributed by atoms with Crippen LogP contribution in [0.5, 0.6) is 0 Å². The fourth-order valence-electron chi connectivity index (χ4n) is 3.42. The van der Waals surface area contributed by atoms with E-state index >= 15 is 0 Å². The first kappa shape index (κ1) is 24.5. The zero-order valence-corrected chi connectivity index (χ0v) is 19.9. The number of sulfonamides is 1. The number of hydrogen-bond acceptors (Lipinski definition) is 5. The second-order valence-corrected chi connectivity index (χ2v) is 10.1.